The van der Waals surface area contributed by atoms with Crippen LogP contribution in [0.2, 0.25) is 0 Å². The van der Waals surface area contributed by atoms with Crippen molar-refractivity contribution in [2.24, 2.45) is 0 Å². The molecule has 0 bridgehead atoms. The summed E-state index contributed by atoms with van der Waals surface area (Å²) < 4.78 is 11.1. The van der Waals surface area contributed by atoms with Gasteiger partial charge in [0, 0.05) is 5.56 Å². The first-order valence-corrected chi connectivity index (χ1v) is 10.6. The minimum absolute atomic E-state index is 0.160. The van der Waals surface area contributed by atoms with Crippen molar-refractivity contribution in [2.45, 2.75) is 45.8 Å². The average molecular weight is 417 g/mol. The lowest BCUT2D eigenvalue weighted by Crippen LogP contribution is -2.17. The maximum Gasteiger partial charge on any atom is 0.313 e. The van der Waals surface area contributed by atoms with Crippen molar-refractivity contribution in [1.29, 1.82) is 0 Å². The average Bonchev–Trinajstić information content (AvgIpc) is 2.79. The highest BCUT2D eigenvalue weighted by atomic mass is 16.5. The van der Waals surface area contributed by atoms with E-state index >= 15 is 0 Å². The molecule has 3 rings (SSSR count). The van der Waals surface area contributed by atoms with Crippen molar-refractivity contribution in [3.05, 3.63) is 90.0 Å². The predicted molar refractivity (Wildman–Crippen MR) is 122 cm³/mol. The van der Waals surface area contributed by atoms with Crippen molar-refractivity contribution in [3.8, 4) is 16.9 Å². The van der Waals surface area contributed by atoms with Crippen LogP contribution in [-0.4, -0.2) is 17.9 Å². The van der Waals surface area contributed by atoms with Crippen molar-refractivity contribution < 1.29 is 19.1 Å². The summed E-state index contributed by atoms with van der Waals surface area (Å²) >= 11 is 0. The van der Waals surface area contributed by atoms with Crippen LogP contribution in [0.1, 0.15) is 49.0 Å². The van der Waals surface area contributed by atoms with Gasteiger partial charge in [0.1, 0.15) is 18.8 Å². The van der Waals surface area contributed by atoms with Gasteiger partial charge in [-0.3, -0.25) is 9.59 Å². The molecule has 0 spiro atoms. The zero-order valence-corrected chi connectivity index (χ0v) is 18.0. The van der Waals surface area contributed by atoms with E-state index in [9.17, 15) is 9.59 Å². The number of carbonyl (C=O) groups is 2. The second kappa shape index (κ2) is 11.1. The lowest BCUT2D eigenvalue weighted by molar-refractivity contribution is -0.147. The maximum absolute atomic E-state index is 12.4. The van der Waals surface area contributed by atoms with Crippen LogP contribution in [0.4, 0.5) is 0 Å². The molecule has 1 atom stereocenters. The van der Waals surface area contributed by atoms with Gasteiger partial charge in [0.05, 0.1) is 6.10 Å². The number of benzene rings is 3. The van der Waals surface area contributed by atoms with Crippen LogP contribution in [-0.2, 0) is 16.1 Å². The number of esters is 1. The molecule has 3 aromatic carbocycles. The lowest BCUT2D eigenvalue weighted by atomic mass is 10.0. The molecule has 0 aliphatic rings. The van der Waals surface area contributed by atoms with Gasteiger partial charge in [0.2, 0.25) is 0 Å². The fourth-order valence-electron chi connectivity index (χ4n) is 3.30. The summed E-state index contributed by atoms with van der Waals surface area (Å²) in [6.45, 7) is 4.40. The smallest absolute Gasteiger partial charge is 0.313 e. The van der Waals surface area contributed by atoms with E-state index in [-0.39, 0.29) is 18.3 Å². The zero-order valence-electron chi connectivity index (χ0n) is 18.0. The summed E-state index contributed by atoms with van der Waals surface area (Å²) in [5.74, 6) is 0.0984. The molecule has 0 unspecified atom stereocenters. The molecule has 0 heterocycles. The number of Topliss-reactive ketones (excluding diaryl/α,β-unsaturated/α-hetero) is 1. The molecule has 0 radical (unpaired) electrons. The first kappa shape index (κ1) is 22.3. The Bertz CT molecular complexity index is 976. The summed E-state index contributed by atoms with van der Waals surface area (Å²) in [5.41, 5.74) is 3.64. The molecular weight excluding hydrogens is 388 g/mol. The van der Waals surface area contributed by atoms with Crippen LogP contribution in [0.25, 0.3) is 11.1 Å². The fourth-order valence-corrected chi connectivity index (χ4v) is 3.30. The number of hydrogen-bond donors (Lipinski definition) is 0. The Morgan fingerprint density at radius 3 is 2.06 bits per heavy atom. The Hall–Kier alpha value is -3.40. The van der Waals surface area contributed by atoms with Crippen LogP contribution < -0.4 is 4.74 Å². The highest BCUT2D eigenvalue weighted by Crippen LogP contribution is 2.24. The first-order valence-electron chi connectivity index (χ1n) is 10.6. The number of ether oxygens (including phenoxy) is 2. The molecule has 0 fully saturated rings. The Balaban J connectivity index is 1.55. The molecule has 0 saturated carbocycles. The summed E-state index contributed by atoms with van der Waals surface area (Å²) in [4.78, 5) is 24.3. The van der Waals surface area contributed by atoms with E-state index in [2.05, 4.69) is 0 Å². The Kier molecular flexibility index (Phi) is 7.99. The van der Waals surface area contributed by atoms with E-state index in [1.807, 2.05) is 80.6 Å². The van der Waals surface area contributed by atoms with Crippen molar-refractivity contribution in [1.82, 2.24) is 0 Å². The van der Waals surface area contributed by atoms with E-state index in [1.54, 1.807) is 12.1 Å². The molecule has 0 aromatic heterocycles. The van der Waals surface area contributed by atoms with Gasteiger partial charge in [-0.2, -0.15) is 0 Å². The van der Waals surface area contributed by atoms with Gasteiger partial charge in [-0.05, 0) is 42.2 Å². The maximum atomic E-state index is 12.4. The minimum atomic E-state index is -0.471. The van der Waals surface area contributed by atoms with Gasteiger partial charge in [0.25, 0.3) is 0 Å². The summed E-state index contributed by atoms with van der Waals surface area (Å²) in [6.07, 6.45) is 1.34. The molecule has 0 aliphatic heterocycles. The summed E-state index contributed by atoms with van der Waals surface area (Å²) in [5, 5.41) is 0. The standard InChI is InChI=1S/C27H28O4/c1-3-7-20(2)31-27(29)18-26(28)24-12-10-22(11-13-24)23-14-16-25(17-15-23)30-19-21-8-5-4-6-9-21/h4-6,8-17,20H,3,7,18-19H2,1-2H3/t20-/m0/s1. The number of ketones is 1. The third-order valence-corrected chi connectivity index (χ3v) is 4.98. The molecular formula is C27H28O4. The Morgan fingerprint density at radius 1 is 0.839 bits per heavy atom. The number of carbonyl (C=O) groups excluding carboxylic acids is 2. The Labute approximate surface area is 183 Å². The zero-order chi connectivity index (χ0) is 22.1. The first-order chi connectivity index (χ1) is 15.0. The quantitative estimate of drug-likeness (QED) is 0.223. The molecule has 160 valence electrons. The lowest BCUT2D eigenvalue weighted by Gasteiger charge is -2.11. The van der Waals surface area contributed by atoms with E-state index in [4.69, 9.17) is 9.47 Å². The third-order valence-electron chi connectivity index (χ3n) is 4.98. The molecule has 4 nitrogen and oxygen atoms in total. The number of hydrogen-bond acceptors (Lipinski definition) is 4. The molecule has 0 N–H and O–H groups in total. The van der Waals surface area contributed by atoms with Crippen LogP contribution in [0.5, 0.6) is 5.75 Å². The predicted octanol–water partition coefficient (Wildman–Crippen LogP) is 6.24. The van der Waals surface area contributed by atoms with E-state index in [1.165, 1.54) is 0 Å². The van der Waals surface area contributed by atoms with E-state index < -0.39 is 5.97 Å². The second-order valence-electron chi connectivity index (χ2n) is 7.57. The van der Waals surface area contributed by atoms with Gasteiger partial charge in [0.15, 0.2) is 5.78 Å². The highest BCUT2D eigenvalue weighted by Gasteiger charge is 2.15. The van der Waals surface area contributed by atoms with Crippen LogP contribution in [0, 0.1) is 0 Å². The van der Waals surface area contributed by atoms with Crippen LogP contribution >= 0.6 is 0 Å². The molecule has 0 aliphatic carbocycles. The van der Waals surface area contributed by atoms with Gasteiger partial charge in [-0.1, -0.05) is 80.1 Å². The van der Waals surface area contributed by atoms with Gasteiger partial charge < -0.3 is 9.47 Å². The summed E-state index contributed by atoms with van der Waals surface area (Å²) in [6, 6.07) is 25.2. The van der Waals surface area contributed by atoms with Crippen LogP contribution in [0.15, 0.2) is 78.9 Å². The van der Waals surface area contributed by atoms with Gasteiger partial charge in [-0.15, -0.1) is 0 Å². The van der Waals surface area contributed by atoms with Crippen molar-refractivity contribution in [2.75, 3.05) is 0 Å². The van der Waals surface area contributed by atoms with E-state index in [0.29, 0.717) is 12.2 Å². The van der Waals surface area contributed by atoms with Gasteiger partial charge in [-0.25, -0.2) is 0 Å². The van der Waals surface area contributed by atoms with Crippen LogP contribution in [0.3, 0.4) is 0 Å². The second-order valence-corrected chi connectivity index (χ2v) is 7.57. The monoisotopic (exact) mass is 416 g/mol. The SMILES string of the molecule is CCC[C@H](C)OC(=O)CC(=O)c1ccc(-c2ccc(OCc3ccccc3)cc2)cc1. The topological polar surface area (TPSA) is 52.6 Å². The molecule has 0 saturated heterocycles. The largest absolute Gasteiger partial charge is 0.489 e. The van der Waals surface area contributed by atoms with Crippen molar-refractivity contribution in [3.63, 3.8) is 0 Å². The third kappa shape index (κ3) is 6.82. The number of rotatable bonds is 10. The summed E-state index contributed by atoms with van der Waals surface area (Å²) in [7, 11) is 0. The molecule has 0 amide bonds. The van der Waals surface area contributed by atoms with Gasteiger partial charge >= 0.3 is 5.97 Å². The highest BCUT2D eigenvalue weighted by molar-refractivity contribution is 6.06. The van der Waals surface area contributed by atoms with E-state index in [0.717, 1.165) is 35.3 Å². The molecule has 31 heavy (non-hydrogen) atoms. The molecule has 3 aromatic rings. The minimum Gasteiger partial charge on any atom is -0.489 e. The Morgan fingerprint density at radius 2 is 1.45 bits per heavy atom. The fraction of sp³-hybridized carbons (Fsp3) is 0.259. The molecule has 4 heteroatoms. The normalized spacial score (nSPS) is 11.5. The van der Waals surface area contributed by atoms with Crippen molar-refractivity contribution >= 4 is 11.8 Å².